The lowest BCUT2D eigenvalue weighted by atomic mass is 9.92. The van der Waals surface area contributed by atoms with Gasteiger partial charge in [0.15, 0.2) is 0 Å². The van der Waals surface area contributed by atoms with Crippen molar-refractivity contribution in [3.05, 3.63) is 52.7 Å². The molecule has 1 aliphatic carbocycles. The number of amides is 1. The van der Waals surface area contributed by atoms with Gasteiger partial charge in [0.2, 0.25) is 5.91 Å². The first-order valence-electron chi connectivity index (χ1n) is 7.20. The Morgan fingerprint density at radius 1 is 1.30 bits per heavy atom. The summed E-state index contributed by atoms with van der Waals surface area (Å²) in [6.07, 6.45) is 3.00. The minimum atomic E-state index is -0.741. The van der Waals surface area contributed by atoms with Crippen LogP contribution in [0.25, 0.3) is 5.70 Å². The van der Waals surface area contributed by atoms with Crippen LogP contribution in [0, 0.1) is 11.6 Å². The molecule has 2 rings (SSSR count). The molecule has 124 valence electrons. The molecular formula is C16H19F2N3O2. The van der Waals surface area contributed by atoms with Crippen LogP contribution in [-0.4, -0.2) is 18.6 Å². The first kappa shape index (κ1) is 17.0. The van der Waals surface area contributed by atoms with Crippen LogP contribution in [0.15, 0.2) is 35.5 Å². The maximum Gasteiger partial charge on any atom is 0.243 e. The molecule has 0 radical (unpaired) electrons. The Morgan fingerprint density at radius 2 is 1.96 bits per heavy atom. The highest BCUT2D eigenvalue weighted by molar-refractivity contribution is 5.75. The molecule has 0 heterocycles. The lowest BCUT2D eigenvalue weighted by molar-refractivity contribution is -0.124. The van der Waals surface area contributed by atoms with Crippen molar-refractivity contribution >= 4 is 11.6 Å². The number of allylic oxidation sites excluding steroid dienone is 2. The van der Waals surface area contributed by atoms with Gasteiger partial charge in [-0.15, -0.1) is 0 Å². The van der Waals surface area contributed by atoms with Crippen LogP contribution < -0.4 is 17.2 Å². The summed E-state index contributed by atoms with van der Waals surface area (Å²) < 4.78 is 32.9. The Labute approximate surface area is 132 Å². The van der Waals surface area contributed by atoms with Gasteiger partial charge in [-0.25, -0.2) is 8.78 Å². The standard InChI is InChI=1S/C16H19F2N3O2/c17-10-4-2-5-11(18)15(10)12(19)7-9-3-1-6-13(16(9)21)23-8-14(20)22/h2,4-5,7,13H,1,3,6,8,19,21H2,(H2,20,22)/b12-7-. The van der Waals surface area contributed by atoms with Crippen LogP contribution in [0.4, 0.5) is 8.78 Å². The van der Waals surface area contributed by atoms with Crippen molar-refractivity contribution in [1.29, 1.82) is 0 Å². The van der Waals surface area contributed by atoms with Crippen LogP contribution >= 0.6 is 0 Å². The number of halogens is 2. The van der Waals surface area contributed by atoms with E-state index in [4.69, 9.17) is 21.9 Å². The largest absolute Gasteiger partial charge is 0.400 e. The first-order valence-corrected chi connectivity index (χ1v) is 7.20. The summed E-state index contributed by atoms with van der Waals surface area (Å²) in [5.74, 6) is -2.07. The number of primary amides is 1. The smallest absolute Gasteiger partial charge is 0.243 e. The number of rotatable bonds is 5. The highest BCUT2D eigenvalue weighted by Gasteiger charge is 2.22. The van der Waals surface area contributed by atoms with E-state index >= 15 is 0 Å². The van der Waals surface area contributed by atoms with Gasteiger partial charge in [0.25, 0.3) is 0 Å². The van der Waals surface area contributed by atoms with Gasteiger partial charge >= 0.3 is 0 Å². The first-order chi connectivity index (χ1) is 10.9. The summed E-state index contributed by atoms with van der Waals surface area (Å²) in [5.41, 5.74) is 17.6. The predicted molar refractivity (Wildman–Crippen MR) is 82.5 cm³/mol. The molecule has 0 spiro atoms. The molecular weight excluding hydrogens is 304 g/mol. The maximum atomic E-state index is 13.8. The zero-order valence-electron chi connectivity index (χ0n) is 12.5. The van der Waals surface area contributed by atoms with Crippen molar-refractivity contribution < 1.29 is 18.3 Å². The summed E-state index contributed by atoms with van der Waals surface area (Å²) >= 11 is 0. The van der Waals surface area contributed by atoms with E-state index in [1.165, 1.54) is 12.1 Å². The zero-order chi connectivity index (χ0) is 17.0. The highest BCUT2D eigenvalue weighted by atomic mass is 19.1. The molecule has 5 nitrogen and oxygen atoms in total. The molecule has 1 aromatic carbocycles. The predicted octanol–water partition coefficient (Wildman–Crippen LogP) is 1.53. The van der Waals surface area contributed by atoms with Crippen molar-refractivity contribution in [3.63, 3.8) is 0 Å². The Balaban J connectivity index is 2.28. The summed E-state index contributed by atoms with van der Waals surface area (Å²) in [6.45, 7) is -0.236. The van der Waals surface area contributed by atoms with Crippen molar-refractivity contribution in [2.75, 3.05) is 6.61 Å². The zero-order valence-corrected chi connectivity index (χ0v) is 12.5. The molecule has 0 saturated carbocycles. The van der Waals surface area contributed by atoms with Gasteiger partial charge < -0.3 is 21.9 Å². The van der Waals surface area contributed by atoms with E-state index in [0.29, 0.717) is 24.1 Å². The number of carbonyl (C=O) groups excluding carboxylic acids is 1. The second-order valence-corrected chi connectivity index (χ2v) is 5.34. The molecule has 1 aromatic rings. The SMILES string of the molecule is NC(=O)COC1CCCC(/C=C(\N)c2c(F)cccc2F)=C1N. The highest BCUT2D eigenvalue weighted by Crippen LogP contribution is 2.28. The van der Waals surface area contributed by atoms with Crippen LogP contribution in [0.5, 0.6) is 0 Å². The molecule has 7 heteroatoms. The van der Waals surface area contributed by atoms with Gasteiger partial charge in [-0.2, -0.15) is 0 Å². The van der Waals surface area contributed by atoms with Crippen LogP contribution in [0.3, 0.4) is 0 Å². The van der Waals surface area contributed by atoms with Gasteiger partial charge in [-0.1, -0.05) is 6.07 Å². The normalized spacial score (nSPS) is 19.0. The maximum absolute atomic E-state index is 13.8. The molecule has 6 N–H and O–H groups in total. The number of ether oxygens (including phenoxy) is 1. The lowest BCUT2D eigenvalue weighted by Gasteiger charge is -2.25. The number of carbonyl (C=O) groups is 1. The summed E-state index contributed by atoms with van der Waals surface area (Å²) in [6, 6.07) is 3.54. The van der Waals surface area contributed by atoms with E-state index < -0.39 is 23.6 Å². The van der Waals surface area contributed by atoms with Crippen molar-refractivity contribution in [3.8, 4) is 0 Å². The number of hydrogen-bond donors (Lipinski definition) is 3. The van der Waals surface area contributed by atoms with Gasteiger partial charge in [0, 0.05) is 11.4 Å². The van der Waals surface area contributed by atoms with E-state index in [2.05, 4.69) is 0 Å². The third-order valence-electron chi connectivity index (χ3n) is 3.64. The van der Waals surface area contributed by atoms with E-state index in [9.17, 15) is 13.6 Å². The Morgan fingerprint density at radius 3 is 2.57 bits per heavy atom. The van der Waals surface area contributed by atoms with E-state index in [1.807, 2.05) is 0 Å². The fourth-order valence-electron chi connectivity index (χ4n) is 2.53. The topological polar surface area (TPSA) is 104 Å². The third kappa shape index (κ3) is 4.07. The van der Waals surface area contributed by atoms with Crippen LogP contribution in [0.2, 0.25) is 0 Å². The minimum absolute atomic E-state index is 0.0471. The van der Waals surface area contributed by atoms with Gasteiger partial charge in [0.05, 0.1) is 11.7 Å². The monoisotopic (exact) mass is 323 g/mol. The summed E-state index contributed by atoms with van der Waals surface area (Å²) in [4.78, 5) is 10.8. The van der Waals surface area contributed by atoms with Gasteiger partial charge in [0.1, 0.15) is 18.2 Å². The molecule has 0 bridgehead atoms. The molecule has 1 unspecified atom stereocenters. The molecule has 0 fully saturated rings. The average Bonchev–Trinajstić information content (AvgIpc) is 2.48. The van der Waals surface area contributed by atoms with Crippen LogP contribution in [-0.2, 0) is 9.53 Å². The number of hydrogen-bond acceptors (Lipinski definition) is 4. The summed E-state index contributed by atoms with van der Waals surface area (Å²) in [7, 11) is 0. The molecule has 0 aliphatic heterocycles. The number of nitrogens with two attached hydrogens (primary N) is 3. The molecule has 1 aliphatic rings. The Bertz CT molecular complexity index is 651. The van der Waals surface area contributed by atoms with E-state index in [1.54, 1.807) is 0 Å². The second-order valence-electron chi connectivity index (χ2n) is 5.34. The van der Waals surface area contributed by atoms with Crippen molar-refractivity contribution in [1.82, 2.24) is 0 Å². The summed E-state index contributed by atoms with van der Waals surface area (Å²) in [5, 5.41) is 0. The molecule has 1 atom stereocenters. The van der Waals surface area contributed by atoms with Gasteiger partial charge in [-0.05, 0) is 43.0 Å². The Hall–Kier alpha value is -2.41. The second kappa shape index (κ2) is 7.23. The Kier molecular flexibility index (Phi) is 5.33. The van der Waals surface area contributed by atoms with Crippen molar-refractivity contribution in [2.24, 2.45) is 17.2 Å². The fraction of sp³-hybridized carbons (Fsp3) is 0.312. The fourth-order valence-corrected chi connectivity index (χ4v) is 2.53. The van der Waals surface area contributed by atoms with Crippen molar-refractivity contribution in [2.45, 2.75) is 25.4 Å². The lowest BCUT2D eigenvalue weighted by Crippen LogP contribution is -2.30. The number of benzene rings is 1. The van der Waals surface area contributed by atoms with Gasteiger partial charge in [-0.3, -0.25) is 4.79 Å². The van der Waals surface area contributed by atoms with E-state index in [-0.39, 0.29) is 17.9 Å². The minimum Gasteiger partial charge on any atom is -0.400 e. The average molecular weight is 323 g/mol. The molecule has 1 amide bonds. The van der Waals surface area contributed by atoms with E-state index in [0.717, 1.165) is 18.6 Å². The molecule has 23 heavy (non-hydrogen) atoms. The van der Waals surface area contributed by atoms with Crippen LogP contribution in [0.1, 0.15) is 24.8 Å². The third-order valence-corrected chi connectivity index (χ3v) is 3.64. The molecule has 0 aromatic heterocycles. The molecule has 0 saturated heterocycles. The quantitative estimate of drug-likeness (QED) is 0.764.